The molecule has 122 valence electrons. The predicted molar refractivity (Wildman–Crippen MR) is 87.7 cm³/mol. The van der Waals surface area contributed by atoms with Gasteiger partial charge in [-0.1, -0.05) is 13.8 Å². The first kappa shape index (κ1) is 15.3. The Morgan fingerprint density at radius 2 is 2.14 bits per heavy atom. The van der Waals surface area contributed by atoms with Crippen LogP contribution in [0.25, 0.3) is 0 Å². The van der Waals surface area contributed by atoms with E-state index in [2.05, 4.69) is 45.8 Å². The van der Waals surface area contributed by atoms with E-state index in [0.717, 1.165) is 50.2 Å². The molecule has 3 heterocycles. The van der Waals surface area contributed by atoms with Gasteiger partial charge in [0.05, 0.1) is 0 Å². The first-order chi connectivity index (χ1) is 10.6. The van der Waals surface area contributed by atoms with E-state index in [1.807, 2.05) is 0 Å². The highest BCUT2D eigenvalue weighted by Crippen LogP contribution is 2.28. The zero-order chi connectivity index (χ0) is 15.6. The van der Waals surface area contributed by atoms with Crippen molar-refractivity contribution in [3.63, 3.8) is 0 Å². The summed E-state index contributed by atoms with van der Waals surface area (Å²) in [5, 5.41) is 12.1. The summed E-state index contributed by atoms with van der Waals surface area (Å²) in [7, 11) is 0. The number of hydrogen-bond donors (Lipinski definition) is 1. The number of nitrogens with one attached hydrogen (secondary N) is 1. The number of nitrogens with zero attached hydrogens (tertiary/aromatic N) is 5. The second kappa shape index (κ2) is 6.26. The van der Waals surface area contributed by atoms with E-state index < -0.39 is 0 Å². The Labute approximate surface area is 133 Å². The topological polar surface area (TPSA) is 58.3 Å². The van der Waals surface area contributed by atoms with Gasteiger partial charge >= 0.3 is 0 Å². The summed E-state index contributed by atoms with van der Waals surface area (Å²) >= 11 is 0. The summed E-state index contributed by atoms with van der Waals surface area (Å²) in [6.07, 6.45) is 4.73. The summed E-state index contributed by atoms with van der Waals surface area (Å²) in [5.74, 6) is 3.15. The van der Waals surface area contributed by atoms with Gasteiger partial charge in [-0.25, -0.2) is 4.99 Å². The molecule has 0 spiro atoms. The highest BCUT2D eigenvalue weighted by Gasteiger charge is 2.31. The van der Waals surface area contributed by atoms with Gasteiger partial charge in [-0.05, 0) is 31.6 Å². The van der Waals surface area contributed by atoms with Gasteiger partial charge in [0.15, 0.2) is 11.8 Å². The number of rotatable bonds is 3. The second-order valence-corrected chi connectivity index (χ2v) is 7.15. The summed E-state index contributed by atoms with van der Waals surface area (Å²) in [6, 6.07) is 0. The Morgan fingerprint density at radius 1 is 1.27 bits per heavy atom. The van der Waals surface area contributed by atoms with Crippen LogP contribution in [0.1, 0.15) is 51.7 Å². The van der Waals surface area contributed by atoms with Crippen molar-refractivity contribution in [3.8, 4) is 0 Å². The van der Waals surface area contributed by atoms with E-state index in [1.165, 1.54) is 19.3 Å². The molecule has 0 radical (unpaired) electrons. The first-order valence-corrected chi connectivity index (χ1v) is 8.53. The lowest BCUT2D eigenvalue weighted by atomic mass is 9.93. The fourth-order valence-electron chi connectivity index (χ4n) is 3.35. The maximum Gasteiger partial charge on any atom is 0.194 e. The predicted octanol–water partition coefficient (Wildman–Crippen LogP) is 1.81. The standard InChI is InChI=1S/C16H28N6/c1-4-17-15(21-10-8-16(2,3)12-21)18-11-14-20-19-13-7-5-6-9-22(13)14/h4-12H2,1-3H3,(H,17,18). The Morgan fingerprint density at radius 3 is 2.86 bits per heavy atom. The van der Waals surface area contributed by atoms with Gasteiger partial charge in [-0.2, -0.15) is 0 Å². The minimum Gasteiger partial charge on any atom is -0.357 e. The molecule has 0 amide bonds. The smallest absolute Gasteiger partial charge is 0.194 e. The monoisotopic (exact) mass is 304 g/mol. The van der Waals surface area contributed by atoms with Crippen LogP contribution in [0.15, 0.2) is 4.99 Å². The van der Waals surface area contributed by atoms with E-state index in [4.69, 9.17) is 4.99 Å². The molecule has 6 nitrogen and oxygen atoms in total. The summed E-state index contributed by atoms with van der Waals surface area (Å²) in [5.41, 5.74) is 0.379. The van der Waals surface area contributed by atoms with Crippen LogP contribution < -0.4 is 5.32 Å². The molecule has 6 heteroatoms. The van der Waals surface area contributed by atoms with Crippen molar-refractivity contribution in [1.82, 2.24) is 25.0 Å². The van der Waals surface area contributed by atoms with Crippen molar-refractivity contribution >= 4 is 5.96 Å². The third-order valence-electron chi connectivity index (χ3n) is 4.62. The molecule has 2 aliphatic rings. The molecule has 1 N–H and O–H groups in total. The fraction of sp³-hybridized carbons (Fsp3) is 0.812. The Hall–Kier alpha value is -1.59. The molecule has 2 aliphatic heterocycles. The van der Waals surface area contributed by atoms with E-state index in [-0.39, 0.29) is 0 Å². The first-order valence-electron chi connectivity index (χ1n) is 8.53. The normalized spacial score (nSPS) is 21.0. The summed E-state index contributed by atoms with van der Waals surface area (Å²) in [6.45, 7) is 11.5. The Bertz CT molecular complexity index is 545. The average molecular weight is 304 g/mol. The fourth-order valence-corrected chi connectivity index (χ4v) is 3.35. The van der Waals surface area contributed by atoms with Gasteiger partial charge in [0.1, 0.15) is 12.4 Å². The van der Waals surface area contributed by atoms with E-state index in [9.17, 15) is 0 Å². The lowest BCUT2D eigenvalue weighted by Gasteiger charge is -2.23. The number of likely N-dealkylation sites (tertiary alicyclic amines) is 1. The number of aromatic nitrogens is 3. The minimum atomic E-state index is 0.379. The highest BCUT2D eigenvalue weighted by atomic mass is 15.3. The van der Waals surface area contributed by atoms with Gasteiger partial charge in [-0.15, -0.1) is 10.2 Å². The van der Waals surface area contributed by atoms with Crippen LogP contribution in [0, 0.1) is 5.41 Å². The van der Waals surface area contributed by atoms with Crippen LogP contribution in [0.3, 0.4) is 0 Å². The van der Waals surface area contributed by atoms with Crippen molar-refractivity contribution < 1.29 is 0 Å². The summed E-state index contributed by atoms with van der Waals surface area (Å²) in [4.78, 5) is 7.19. The SMILES string of the molecule is CCNC(=NCc1nnc2n1CCCC2)N1CCC(C)(C)C1. The maximum atomic E-state index is 4.82. The van der Waals surface area contributed by atoms with Crippen LogP contribution in [-0.2, 0) is 19.5 Å². The molecule has 1 aromatic heterocycles. The number of aryl methyl sites for hydroxylation is 1. The molecule has 0 bridgehead atoms. The van der Waals surface area contributed by atoms with Crippen LogP contribution in [0.5, 0.6) is 0 Å². The number of aliphatic imine (C=N–C) groups is 1. The molecule has 1 saturated heterocycles. The Kier molecular flexibility index (Phi) is 4.36. The number of guanidine groups is 1. The van der Waals surface area contributed by atoms with Crippen molar-refractivity contribution in [1.29, 1.82) is 0 Å². The number of fused-ring (bicyclic) bond motifs is 1. The molecule has 22 heavy (non-hydrogen) atoms. The summed E-state index contributed by atoms with van der Waals surface area (Å²) < 4.78 is 2.25. The third-order valence-corrected chi connectivity index (χ3v) is 4.62. The van der Waals surface area contributed by atoms with Crippen molar-refractivity contribution in [3.05, 3.63) is 11.6 Å². The lowest BCUT2D eigenvalue weighted by Crippen LogP contribution is -2.40. The van der Waals surface area contributed by atoms with Gasteiger partial charge in [0.25, 0.3) is 0 Å². The quantitative estimate of drug-likeness (QED) is 0.683. The molecule has 3 rings (SSSR count). The molecule has 0 unspecified atom stereocenters. The van der Waals surface area contributed by atoms with Gasteiger partial charge in [0, 0.05) is 32.6 Å². The second-order valence-electron chi connectivity index (χ2n) is 7.15. The van der Waals surface area contributed by atoms with Crippen LogP contribution >= 0.6 is 0 Å². The Balaban J connectivity index is 1.72. The molecule has 1 aromatic rings. The van der Waals surface area contributed by atoms with Crippen LogP contribution in [0.4, 0.5) is 0 Å². The molecular weight excluding hydrogens is 276 g/mol. The molecule has 1 fully saturated rings. The molecule has 0 saturated carbocycles. The van der Waals surface area contributed by atoms with E-state index >= 15 is 0 Å². The molecule has 0 aliphatic carbocycles. The van der Waals surface area contributed by atoms with Crippen LogP contribution in [-0.4, -0.2) is 45.3 Å². The van der Waals surface area contributed by atoms with Gasteiger partial charge < -0.3 is 14.8 Å². The lowest BCUT2D eigenvalue weighted by molar-refractivity contribution is 0.370. The largest absolute Gasteiger partial charge is 0.357 e. The zero-order valence-corrected chi connectivity index (χ0v) is 14.1. The zero-order valence-electron chi connectivity index (χ0n) is 14.1. The minimum absolute atomic E-state index is 0.379. The third kappa shape index (κ3) is 3.25. The van der Waals surface area contributed by atoms with Gasteiger partial charge in [0.2, 0.25) is 0 Å². The van der Waals surface area contributed by atoms with Gasteiger partial charge in [-0.3, -0.25) is 0 Å². The maximum absolute atomic E-state index is 4.82. The van der Waals surface area contributed by atoms with Crippen molar-refractivity contribution in [2.75, 3.05) is 19.6 Å². The highest BCUT2D eigenvalue weighted by molar-refractivity contribution is 5.80. The van der Waals surface area contributed by atoms with Crippen LogP contribution in [0.2, 0.25) is 0 Å². The van der Waals surface area contributed by atoms with E-state index in [1.54, 1.807) is 0 Å². The van der Waals surface area contributed by atoms with Crippen molar-refractivity contribution in [2.45, 2.75) is 59.5 Å². The van der Waals surface area contributed by atoms with Crippen molar-refractivity contribution in [2.24, 2.45) is 10.4 Å². The molecular formula is C16H28N6. The van der Waals surface area contributed by atoms with E-state index in [0.29, 0.717) is 12.0 Å². The number of hydrogen-bond acceptors (Lipinski definition) is 3. The average Bonchev–Trinajstić information content (AvgIpc) is 3.07. The molecule has 0 aromatic carbocycles. The molecule has 0 atom stereocenters.